The SMILES string of the molecule is Cc1cccc(C(=O)NCCNC(=O)NCCNC(=O)c2cccc(C)c2)c1. The molecule has 4 N–H and O–H groups in total. The van der Waals surface area contributed by atoms with Crippen LogP contribution in [-0.2, 0) is 0 Å². The molecule has 0 spiro atoms. The van der Waals surface area contributed by atoms with Gasteiger partial charge in [-0.05, 0) is 38.1 Å². The van der Waals surface area contributed by atoms with Crippen LogP contribution in [0.3, 0.4) is 0 Å². The van der Waals surface area contributed by atoms with Crippen LogP contribution in [0.4, 0.5) is 4.79 Å². The van der Waals surface area contributed by atoms with E-state index < -0.39 is 0 Å². The predicted octanol–water partition coefficient (Wildman–Crippen LogP) is 1.76. The number of amides is 4. The van der Waals surface area contributed by atoms with Gasteiger partial charge in [0.2, 0.25) is 0 Å². The van der Waals surface area contributed by atoms with Gasteiger partial charge in [0.15, 0.2) is 0 Å². The van der Waals surface area contributed by atoms with E-state index in [4.69, 9.17) is 0 Å². The Bertz CT molecular complexity index is 768. The van der Waals surface area contributed by atoms with Gasteiger partial charge in [-0.3, -0.25) is 9.59 Å². The molecule has 148 valence electrons. The first-order valence-electron chi connectivity index (χ1n) is 9.17. The molecule has 0 bridgehead atoms. The highest BCUT2D eigenvalue weighted by molar-refractivity contribution is 5.94. The van der Waals surface area contributed by atoms with Crippen LogP contribution in [0.2, 0.25) is 0 Å². The van der Waals surface area contributed by atoms with E-state index in [1.54, 1.807) is 24.3 Å². The standard InChI is InChI=1S/C21H26N4O3/c1-15-5-3-7-17(13-15)19(26)22-9-11-24-21(28)25-12-10-23-20(27)18-8-4-6-16(2)14-18/h3-8,13-14H,9-12H2,1-2H3,(H,22,26)(H,23,27)(H2,24,25,28). The van der Waals surface area contributed by atoms with Crippen molar-refractivity contribution in [3.05, 3.63) is 70.8 Å². The molecule has 0 unspecified atom stereocenters. The van der Waals surface area contributed by atoms with Gasteiger partial charge >= 0.3 is 6.03 Å². The molecule has 0 aliphatic rings. The summed E-state index contributed by atoms with van der Waals surface area (Å²) in [5, 5.41) is 10.8. The number of urea groups is 1. The van der Waals surface area contributed by atoms with Crippen molar-refractivity contribution in [2.24, 2.45) is 0 Å². The average Bonchev–Trinajstić information content (AvgIpc) is 2.68. The zero-order valence-corrected chi connectivity index (χ0v) is 16.2. The zero-order valence-electron chi connectivity index (χ0n) is 16.2. The monoisotopic (exact) mass is 382 g/mol. The topological polar surface area (TPSA) is 99.3 Å². The highest BCUT2D eigenvalue weighted by Crippen LogP contribution is 2.04. The summed E-state index contributed by atoms with van der Waals surface area (Å²) >= 11 is 0. The first-order chi connectivity index (χ1) is 13.5. The van der Waals surface area contributed by atoms with Gasteiger partial charge < -0.3 is 21.3 Å². The third-order valence-corrected chi connectivity index (χ3v) is 3.95. The Balaban J connectivity index is 1.56. The Morgan fingerprint density at radius 1 is 0.643 bits per heavy atom. The molecular formula is C21H26N4O3. The molecule has 0 atom stereocenters. The fourth-order valence-electron chi connectivity index (χ4n) is 2.54. The molecule has 0 aliphatic heterocycles. The highest BCUT2D eigenvalue weighted by Gasteiger charge is 2.06. The van der Waals surface area contributed by atoms with Crippen molar-refractivity contribution < 1.29 is 14.4 Å². The maximum absolute atomic E-state index is 12.0. The Labute approximate surface area is 164 Å². The molecule has 0 aliphatic carbocycles. The molecule has 7 nitrogen and oxygen atoms in total. The fourth-order valence-corrected chi connectivity index (χ4v) is 2.54. The number of rotatable bonds is 8. The minimum atomic E-state index is -0.352. The third kappa shape index (κ3) is 7.11. The minimum Gasteiger partial charge on any atom is -0.350 e. The quantitative estimate of drug-likeness (QED) is 0.524. The normalized spacial score (nSPS) is 10.1. The number of nitrogens with one attached hydrogen (secondary N) is 4. The summed E-state index contributed by atoms with van der Waals surface area (Å²) in [6.07, 6.45) is 0. The van der Waals surface area contributed by atoms with Crippen molar-refractivity contribution in [1.29, 1.82) is 0 Å². The Morgan fingerprint density at radius 2 is 1.04 bits per heavy atom. The van der Waals surface area contributed by atoms with E-state index in [1.807, 2.05) is 38.1 Å². The maximum atomic E-state index is 12.0. The van der Waals surface area contributed by atoms with Crippen molar-refractivity contribution in [2.75, 3.05) is 26.2 Å². The molecular weight excluding hydrogens is 356 g/mol. The van der Waals surface area contributed by atoms with Crippen LogP contribution < -0.4 is 21.3 Å². The molecule has 0 radical (unpaired) electrons. The van der Waals surface area contributed by atoms with Crippen LogP contribution in [0.25, 0.3) is 0 Å². The minimum absolute atomic E-state index is 0.176. The highest BCUT2D eigenvalue weighted by atomic mass is 16.2. The van der Waals surface area contributed by atoms with Crippen molar-refractivity contribution in [2.45, 2.75) is 13.8 Å². The van der Waals surface area contributed by atoms with E-state index in [9.17, 15) is 14.4 Å². The number of hydrogen-bond acceptors (Lipinski definition) is 3. The lowest BCUT2D eigenvalue weighted by atomic mass is 10.1. The molecule has 0 fully saturated rings. The molecule has 0 saturated carbocycles. The van der Waals surface area contributed by atoms with Crippen molar-refractivity contribution in [1.82, 2.24) is 21.3 Å². The molecule has 2 aromatic rings. The van der Waals surface area contributed by atoms with Crippen LogP contribution in [-0.4, -0.2) is 44.0 Å². The van der Waals surface area contributed by atoms with Gasteiger partial charge in [0.1, 0.15) is 0 Å². The first-order valence-corrected chi connectivity index (χ1v) is 9.17. The van der Waals surface area contributed by atoms with Crippen LogP contribution in [0.5, 0.6) is 0 Å². The van der Waals surface area contributed by atoms with Crippen molar-refractivity contribution >= 4 is 17.8 Å². The summed E-state index contributed by atoms with van der Waals surface area (Å²) in [7, 11) is 0. The summed E-state index contributed by atoms with van der Waals surface area (Å²) in [5.74, 6) is -0.352. The summed E-state index contributed by atoms with van der Waals surface area (Å²) < 4.78 is 0. The second kappa shape index (κ2) is 10.7. The maximum Gasteiger partial charge on any atom is 0.314 e. The first kappa shape index (κ1) is 21.0. The largest absolute Gasteiger partial charge is 0.350 e. The van der Waals surface area contributed by atoms with Crippen molar-refractivity contribution in [3.8, 4) is 0 Å². The van der Waals surface area contributed by atoms with E-state index in [-0.39, 0.29) is 17.8 Å². The molecule has 7 heteroatoms. The molecule has 0 heterocycles. The van der Waals surface area contributed by atoms with Gasteiger partial charge in [0.25, 0.3) is 11.8 Å². The van der Waals surface area contributed by atoms with Crippen LogP contribution >= 0.6 is 0 Å². The second-order valence-corrected chi connectivity index (χ2v) is 6.43. The van der Waals surface area contributed by atoms with E-state index >= 15 is 0 Å². The molecule has 4 amide bonds. The second-order valence-electron chi connectivity index (χ2n) is 6.43. The fraction of sp³-hybridized carbons (Fsp3) is 0.286. The Hall–Kier alpha value is -3.35. The average molecular weight is 382 g/mol. The lowest BCUT2D eigenvalue weighted by Gasteiger charge is -2.10. The van der Waals surface area contributed by atoms with Crippen LogP contribution in [0, 0.1) is 13.8 Å². The zero-order chi connectivity index (χ0) is 20.4. The van der Waals surface area contributed by atoms with Crippen molar-refractivity contribution in [3.63, 3.8) is 0 Å². The smallest absolute Gasteiger partial charge is 0.314 e. The summed E-state index contributed by atoms with van der Waals surface area (Å²) in [5.41, 5.74) is 3.21. The van der Waals surface area contributed by atoms with E-state index in [2.05, 4.69) is 21.3 Å². The lowest BCUT2D eigenvalue weighted by molar-refractivity contribution is 0.0946. The summed E-state index contributed by atoms with van der Waals surface area (Å²) in [4.78, 5) is 35.7. The summed E-state index contributed by atoms with van der Waals surface area (Å²) in [6, 6.07) is 14.2. The number of benzene rings is 2. The third-order valence-electron chi connectivity index (χ3n) is 3.95. The molecule has 2 rings (SSSR count). The number of aryl methyl sites for hydroxylation is 2. The number of hydrogen-bond donors (Lipinski definition) is 4. The predicted molar refractivity (Wildman–Crippen MR) is 108 cm³/mol. The van der Waals surface area contributed by atoms with Crippen LogP contribution in [0.15, 0.2) is 48.5 Å². The Kier molecular flexibility index (Phi) is 8.02. The molecule has 28 heavy (non-hydrogen) atoms. The van der Waals surface area contributed by atoms with Gasteiger partial charge in [-0.15, -0.1) is 0 Å². The van der Waals surface area contributed by atoms with E-state index in [1.165, 1.54) is 0 Å². The van der Waals surface area contributed by atoms with Gasteiger partial charge in [-0.25, -0.2) is 4.79 Å². The van der Waals surface area contributed by atoms with Gasteiger partial charge in [-0.2, -0.15) is 0 Å². The van der Waals surface area contributed by atoms with Crippen LogP contribution in [0.1, 0.15) is 31.8 Å². The molecule has 2 aromatic carbocycles. The number of carbonyl (C=O) groups excluding carboxylic acids is 3. The number of carbonyl (C=O) groups is 3. The summed E-state index contributed by atoms with van der Waals surface area (Å²) in [6.45, 7) is 5.10. The van der Waals surface area contributed by atoms with Gasteiger partial charge in [-0.1, -0.05) is 35.4 Å². The van der Waals surface area contributed by atoms with Gasteiger partial charge in [0.05, 0.1) is 0 Å². The Morgan fingerprint density at radius 3 is 1.43 bits per heavy atom. The lowest BCUT2D eigenvalue weighted by Crippen LogP contribution is -2.43. The van der Waals surface area contributed by atoms with E-state index in [0.29, 0.717) is 37.3 Å². The van der Waals surface area contributed by atoms with Gasteiger partial charge in [0, 0.05) is 37.3 Å². The molecule has 0 aromatic heterocycles. The van der Waals surface area contributed by atoms with E-state index in [0.717, 1.165) is 11.1 Å². The molecule has 0 saturated heterocycles.